The average Bonchev–Trinajstić information content (AvgIpc) is 3.73. The summed E-state index contributed by atoms with van der Waals surface area (Å²) in [4.78, 5) is 20.3. The van der Waals surface area contributed by atoms with Crippen molar-refractivity contribution in [3.05, 3.63) is 88.7 Å². The zero-order valence-electron chi connectivity index (χ0n) is 22.5. The molecule has 1 saturated heterocycles. The third kappa shape index (κ3) is 4.84. The molecular weight excluding hydrogens is 454 g/mol. The van der Waals surface area contributed by atoms with Gasteiger partial charge in [-0.1, -0.05) is 50.2 Å². The van der Waals surface area contributed by atoms with Crippen molar-refractivity contribution < 1.29 is 4.79 Å². The van der Waals surface area contributed by atoms with Gasteiger partial charge in [0, 0.05) is 42.1 Å². The molecule has 2 aliphatic carbocycles. The molecule has 192 valence electrons. The van der Waals surface area contributed by atoms with Crippen LogP contribution in [0.3, 0.4) is 0 Å². The minimum atomic E-state index is 0.0368. The van der Waals surface area contributed by atoms with Crippen LogP contribution in [0.1, 0.15) is 65.9 Å². The fourth-order valence-electron chi connectivity index (χ4n) is 6.63. The van der Waals surface area contributed by atoms with Crippen LogP contribution in [0.5, 0.6) is 0 Å². The summed E-state index contributed by atoms with van der Waals surface area (Å²) < 4.78 is 0. The van der Waals surface area contributed by atoms with E-state index in [2.05, 4.69) is 71.5 Å². The molecule has 4 nitrogen and oxygen atoms in total. The van der Waals surface area contributed by atoms with Crippen LogP contribution >= 0.6 is 0 Å². The van der Waals surface area contributed by atoms with Crippen molar-refractivity contribution in [2.24, 2.45) is 11.8 Å². The Kier molecular flexibility index (Phi) is 6.40. The van der Waals surface area contributed by atoms with Crippen molar-refractivity contribution in [3.63, 3.8) is 0 Å². The first-order valence-electron chi connectivity index (χ1n) is 14.1. The Morgan fingerprint density at radius 2 is 1.86 bits per heavy atom. The molecular formula is C33H39N3O. The van der Waals surface area contributed by atoms with Crippen molar-refractivity contribution in [1.29, 1.82) is 0 Å². The second-order valence-corrected chi connectivity index (χ2v) is 11.9. The Balaban J connectivity index is 1.09. The molecule has 2 aromatic carbocycles. The summed E-state index contributed by atoms with van der Waals surface area (Å²) in [7, 11) is 0. The first-order chi connectivity index (χ1) is 17.9. The summed E-state index contributed by atoms with van der Waals surface area (Å²) in [6.45, 7) is 9.99. The predicted molar refractivity (Wildman–Crippen MR) is 150 cm³/mol. The largest absolute Gasteiger partial charge is 0.352 e. The zero-order valence-corrected chi connectivity index (χ0v) is 22.5. The Morgan fingerprint density at radius 1 is 1.08 bits per heavy atom. The van der Waals surface area contributed by atoms with Crippen molar-refractivity contribution in [2.75, 3.05) is 19.6 Å². The summed E-state index contributed by atoms with van der Waals surface area (Å²) in [5.41, 5.74) is 8.36. The van der Waals surface area contributed by atoms with E-state index >= 15 is 0 Å². The van der Waals surface area contributed by atoms with E-state index in [1.54, 1.807) is 0 Å². The van der Waals surface area contributed by atoms with Gasteiger partial charge in [-0.3, -0.25) is 14.7 Å². The molecule has 4 heteroatoms. The summed E-state index contributed by atoms with van der Waals surface area (Å²) in [6.07, 6.45) is 7.87. The number of nitrogens with one attached hydrogen (secondary N) is 1. The summed E-state index contributed by atoms with van der Waals surface area (Å²) in [5, 5.41) is 3.16. The maximum absolute atomic E-state index is 13.1. The molecule has 2 bridgehead atoms. The number of carbonyl (C=O) groups is 1. The van der Waals surface area contributed by atoms with Crippen molar-refractivity contribution in [1.82, 2.24) is 15.2 Å². The third-order valence-electron chi connectivity index (χ3n) is 9.47. The SMILES string of the molecule is Cc1ccc(-c2ccc(CCNC(=O)c3ccc4c(c3)[C@]3(C)CCN(CC5CC5)[C@H](C4)[C@@H]3C)cc2)cn1. The smallest absolute Gasteiger partial charge is 0.251 e. The quantitative estimate of drug-likeness (QED) is 0.441. The standard InChI is InChI=1S/C33H39N3O/c1-22-4-9-29(20-35-22)26-10-7-24(8-11-26)14-16-34-32(37)28-13-12-27-19-31-23(2)33(3,30(27)18-28)15-17-36(31)21-25-5-6-25/h4,7-13,18,20,23,25,31H,5-6,14-17,19,21H2,1-3H3,(H,34,37)/t23-,31+,33+/m0/s1. The monoisotopic (exact) mass is 493 g/mol. The van der Waals surface area contributed by atoms with Gasteiger partial charge in [-0.2, -0.15) is 0 Å². The molecule has 0 unspecified atom stereocenters. The topological polar surface area (TPSA) is 45.2 Å². The molecule has 3 aromatic rings. The fraction of sp³-hybridized carbons (Fsp3) is 0.455. The lowest BCUT2D eigenvalue weighted by atomic mass is 9.59. The molecule has 1 saturated carbocycles. The number of hydrogen-bond donors (Lipinski definition) is 1. The van der Waals surface area contributed by atoms with Gasteiger partial charge >= 0.3 is 0 Å². The number of fused-ring (bicyclic) bond motifs is 4. The Hall–Kier alpha value is -2.98. The number of aromatic nitrogens is 1. The van der Waals surface area contributed by atoms with Crippen LogP contribution in [-0.2, 0) is 18.3 Å². The molecule has 6 rings (SSSR count). The van der Waals surface area contributed by atoms with Gasteiger partial charge in [0.25, 0.3) is 5.91 Å². The lowest BCUT2D eigenvalue weighted by Crippen LogP contribution is -2.58. The Bertz CT molecular complexity index is 1280. The second kappa shape index (κ2) is 9.72. The van der Waals surface area contributed by atoms with Crippen LogP contribution in [0.2, 0.25) is 0 Å². The van der Waals surface area contributed by atoms with Gasteiger partial charge in [0.15, 0.2) is 0 Å². The Labute approximate surface area is 221 Å². The summed E-state index contributed by atoms with van der Waals surface area (Å²) in [5.74, 6) is 1.59. The van der Waals surface area contributed by atoms with Crippen molar-refractivity contribution >= 4 is 5.91 Å². The van der Waals surface area contributed by atoms with Gasteiger partial charge in [-0.25, -0.2) is 0 Å². The lowest BCUT2D eigenvalue weighted by molar-refractivity contribution is 0.0284. The van der Waals surface area contributed by atoms with Crippen LogP contribution in [0, 0.1) is 18.8 Å². The molecule has 3 aliphatic rings. The summed E-state index contributed by atoms with van der Waals surface area (Å²) >= 11 is 0. The molecule has 0 spiro atoms. The van der Waals surface area contributed by atoms with E-state index in [0.717, 1.165) is 41.1 Å². The molecule has 0 radical (unpaired) electrons. The third-order valence-corrected chi connectivity index (χ3v) is 9.47. The minimum Gasteiger partial charge on any atom is -0.352 e. The van der Waals surface area contributed by atoms with E-state index in [0.29, 0.717) is 18.5 Å². The van der Waals surface area contributed by atoms with Gasteiger partial charge < -0.3 is 5.32 Å². The van der Waals surface area contributed by atoms with Gasteiger partial charge in [-0.15, -0.1) is 0 Å². The molecule has 1 aromatic heterocycles. The van der Waals surface area contributed by atoms with Crippen molar-refractivity contribution in [2.45, 2.75) is 64.3 Å². The number of amides is 1. The zero-order chi connectivity index (χ0) is 25.6. The number of aryl methyl sites for hydroxylation is 1. The van der Waals surface area contributed by atoms with E-state index in [1.807, 2.05) is 25.3 Å². The van der Waals surface area contributed by atoms with Crippen LogP contribution in [-0.4, -0.2) is 41.5 Å². The molecule has 2 heterocycles. The van der Waals surface area contributed by atoms with Crippen LogP contribution in [0.4, 0.5) is 0 Å². The molecule has 37 heavy (non-hydrogen) atoms. The second-order valence-electron chi connectivity index (χ2n) is 11.9. The lowest BCUT2D eigenvalue weighted by Gasteiger charge is -2.55. The van der Waals surface area contributed by atoms with E-state index in [4.69, 9.17) is 0 Å². The highest BCUT2D eigenvalue weighted by molar-refractivity contribution is 5.94. The number of pyridine rings is 1. The molecule has 1 N–H and O–H groups in total. The molecule has 1 amide bonds. The van der Waals surface area contributed by atoms with Gasteiger partial charge in [-0.05, 0) is 103 Å². The van der Waals surface area contributed by atoms with Gasteiger partial charge in [0.05, 0.1) is 0 Å². The number of benzene rings is 2. The number of carbonyl (C=O) groups excluding carboxylic acids is 1. The van der Waals surface area contributed by atoms with Crippen LogP contribution < -0.4 is 5.32 Å². The first-order valence-corrected chi connectivity index (χ1v) is 14.1. The van der Waals surface area contributed by atoms with Crippen LogP contribution in [0.25, 0.3) is 11.1 Å². The summed E-state index contributed by atoms with van der Waals surface area (Å²) in [6, 6.07) is 19.8. The van der Waals surface area contributed by atoms with Crippen molar-refractivity contribution in [3.8, 4) is 11.1 Å². The Morgan fingerprint density at radius 3 is 2.59 bits per heavy atom. The predicted octanol–water partition coefficient (Wildman–Crippen LogP) is 5.96. The van der Waals surface area contributed by atoms with E-state index in [1.165, 1.54) is 49.0 Å². The highest BCUT2D eigenvalue weighted by atomic mass is 16.1. The minimum absolute atomic E-state index is 0.0368. The number of likely N-dealkylation sites (tertiary alicyclic amines) is 1. The van der Waals surface area contributed by atoms with Gasteiger partial charge in [0.2, 0.25) is 0 Å². The fourth-order valence-corrected chi connectivity index (χ4v) is 6.63. The maximum Gasteiger partial charge on any atom is 0.251 e. The van der Waals surface area contributed by atoms with E-state index in [-0.39, 0.29) is 11.3 Å². The number of rotatable bonds is 7. The average molecular weight is 494 g/mol. The van der Waals surface area contributed by atoms with Gasteiger partial charge in [0.1, 0.15) is 0 Å². The first kappa shape index (κ1) is 24.4. The van der Waals surface area contributed by atoms with Crippen LogP contribution in [0.15, 0.2) is 60.8 Å². The highest BCUT2D eigenvalue weighted by Gasteiger charge is 2.49. The number of nitrogens with zero attached hydrogens (tertiary/aromatic N) is 2. The molecule has 2 fully saturated rings. The number of hydrogen-bond acceptors (Lipinski definition) is 3. The normalized spacial score (nSPS) is 24.9. The molecule has 1 aliphatic heterocycles. The maximum atomic E-state index is 13.1. The van der Waals surface area contributed by atoms with E-state index < -0.39 is 0 Å². The van der Waals surface area contributed by atoms with E-state index in [9.17, 15) is 4.79 Å². The molecule has 3 atom stereocenters. The highest BCUT2D eigenvalue weighted by Crippen LogP contribution is 2.49. The number of piperidine rings is 1.